The van der Waals surface area contributed by atoms with Crippen molar-refractivity contribution in [1.29, 1.82) is 0 Å². The summed E-state index contributed by atoms with van der Waals surface area (Å²) in [6, 6.07) is 0. The molecule has 0 heterocycles. The Hall–Kier alpha value is -1.79. The second kappa shape index (κ2) is 5.18. The van der Waals surface area contributed by atoms with Gasteiger partial charge in [-0.25, -0.2) is 0 Å². The molecule has 0 aromatic carbocycles. The molecular weight excluding hydrogens is 196 g/mol. The summed E-state index contributed by atoms with van der Waals surface area (Å²) in [5, 5.41) is 2.54. The summed E-state index contributed by atoms with van der Waals surface area (Å²) in [4.78, 5) is 18.8. The van der Waals surface area contributed by atoms with E-state index in [-0.39, 0.29) is 24.4 Å². The van der Waals surface area contributed by atoms with Crippen molar-refractivity contribution in [1.82, 2.24) is 5.32 Å². The molecule has 0 fully saturated rings. The number of carbonyl (C=O) groups excluding carboxylic acids is 1. The van der Waals surface area contributed by atoms with Crippen LogP contribution in [-0.4, -0.2) is 31.4 Å². The van der Waals surface area contributed by atoms with E-state index in [1.807, 2.05) is 0 Å². The molecule has 0 aliphatic carbocycles. The van der Waals surface area contributed by atoms with Crippen LogP contribution in [0.1, 0.15) is 13.8 Å². The number of nitrogens with one attached hydrogen (secondary N) is 1. The molecule has 1 amide bonds. The molecule has 0 radical (unpaired) electrons. The first-order valence-electron chi connectivity index (χ1n) is 4.41. The van der Waals surface area contributed by atoms with Gasteiger partial charge < -0.3 is 22.5 Å². The van der Waals surface area contributed by atoms with Crippen molar-refractivity contribution in [3.63, 3.8) is 0 Å². The second-order valence-electron chi connectivity index (χ2n) is 3.67. The zero-order valence-corrected chi connectivity index (χ0v) is 9.24. The molecule has 0 atom stereocenters. The van der Waals surface area contributed by atoms with Gasteiger partial charge in [0.05, 0.1) is 12.0 Å². The molecule has 0 aliphatic rings. The number of hydrogen-bond acceptors (Lipinski definition) is 2. The average molecular weight is 214 g/mol. The van der Waals surface area contributed by atoms with Gasteiger partial charge in [-0.05, 0) is 13.8 Å². The Kier molecular flexibility index (Phi) is 4.56. The van der Waals surface area contributed by atoms with Crippen LogP contribution in [0, 0.1) is 5.41 Å². The van der Waals surface area contributed by atoms with Crippen LogP contribution in [0.15, 0.2) is 9.98 Å². The van der Waals surface area contributed by atoms with E-state index in [1.165, 1.54) is 0 Å². The SMILES string of the molecule is CNC(=O)C(C)(C)CN=C(N)N=C(N)N. The summed E-state index contributed by atoms with van der Waals surface area (Å²) in [5.74, 6) is -0.315. The lowest BCUT2D eigenvalue weighted by molar-refractivity contribution is -0.128. The van der Waals surface area contributed by atoms with Crippen LogP contribution in [-0.2, 0) is 4.79 Å². The molecular formula is C8H18N6O. The fourth-order valence-corrected chi connectivity index (χ4v) is 0.856. The standard InChI is InChI=1S/C8H18N6O/c1-8(2,5(15)12-3)4-13-7(11)14-6(9)10/h4H2,1-3H3,(H,12,15)(H6,9,10,11,13,14). The Labute approximate surface area is 88.8 Å². The summed E-state index contributed by atoms with van der Waals surface area (Å²) >= 11 is 0. The van der Waals surface area contributed by atoms with Crippen molar-refractivity contribution in [2.75, 3.05) is 13.6 Å². The maximum atomic E-state index is 11.4. The van der Waals surface area contributed by atoms with Crippen molar-refractivity contribution in [3.8, 4) is 0 Å². The van der Waals surface area contributed by atoms with Crippen molar-refractivity contribution < 1.29 is 4.79 Å². The van der Waals surface area contributed by atoms with E-state index >= 15 is 0 Å². The predicted octanol–water partition coefficient (Wildman–Crippen LogP) is -1.65. The van der Waals surface area contributed by atoms with Crippen LogP contribution in [0.3, 0.4) is 0 Å². The molecule has 0 saturated carbocycles. The Morgan fingerprint density at radius 3 is 2.27 bits per heavy atom. The highest BCUT2D eigenvalue weighted by molar-refractivity contribution is 5.92. The van der Waals surface area contributed by atoms with Gasteiger partial charge in [-0.15, -0.1) is 0 Å². The van der Waals surface area contributed by atoms with E-state index in [4.69, 9.17) is 17.2 Å². The third-order valence-electron chi connectivity index (χ3n) is 1.72. The number of carbonyl (C=O) groups is 1. The van der Waals surface area contributed by atoms with Gasteiger partial charge >= 0.3 is 0 Å². The molecule has 0 aromatic rings. The average Bonchev–Trinajstić information content (AvgIpc) is 2.12. The Bertz CT molecular complexity index is 290. The predicted molar refractivity (Wildman–Crippen MR) is 60.1 cm³/mol. The minimum atomic E-state index is -0.641. The minimum absolute atomic E-state index is 0.0352. The van der Waals surface area contributed by atoms with Gasteiger partial charge in [0.25, 0.3) is 0 Å². The van der Waals surface area contributed by atoms with Crippen molar-refractivity contribution in [2.45, 2.75) is 13.8 Å². The smallest absolute Gasteiger partial charge is 0.227 e. The molecule has 7 heteroatoms. The molecule has 0 bridgehead atoms. The topological polar surface area (TPSA) is 132 Å². The fourth-order valence-electron chi connectivity index (χ4n) is 0.856. The molecule has 0 rings (SSSR count). The number of hydrogen-bond donors (Lipinski definition) is 4. The van der Waals surface area contributed by atoms with Gasteiger partial charge in [0, 0.05) is 7.05 Å². The number of guanidine groups is 2. The first-order valence-corrected chi connectivity index (χ1v) is 4.41. The number of aliphatic imine (C=N–C) groups is 2. The van der Waals surface area contributed by atoms with Crippen molar-refractivity contribution >= 4 is 17.8 Å². The molecule has 86 valence electrons. The first-order chi connectivity index (χ1) is 6.79. The van der Waals surface area contributed by atoms with Crippen LogP contribution in [0.2, 0.25) is 0 Å². The lowest BCUT2D eigenvalue weighted by atomic mass is 9.93. The number of rotatable bonds is 3. The molecule has 0 saturated heterocycles. The van der Waals surface area contributed by atoms with Gasteiger partial charge in [-0.2, -0.15) is 4.99 Å². The van der Waals surface area contributed by atoms with Gasteiger partial charge in [0.1, 0.15) is 0 Å². The van der Waals surface area contributed by atoms with Crippen molar-refractivity contribution in [2.24, 2.45) is 32.6 Å². The Morgan fingerprint density at radius 2 is 1.87 bits per heavy atom. The van der Waals surface area contributed by atoms with Crippen LogP contribution < -0.4 is 22.5 Å². The molecule has 0 spiro atoms. The van der Waals surface area contributed by atoms with E-state index in [9.17, 15) is 4.79 Å². The summed E-state index contributed by atoms with van der Waals surface area (Å²) in [7, 11) is 1.56. The maximum absolute atomic E-state index is 11.4. The van der Waals surface area contributed by atoms with E-state index in [0.717, 1.165) is 0 Å². The minimum Gasteiger partial charge on any atom is -0.370 e. The van der Waals surface area contributed by atoms with E-state index in [0.29, 0.717) is 0 Å². The zero-order chi connectivity index (χ0) is 12.1. The summed E-state index contributed by atoms with van der Waals surface area (Å²) in [6.45, 7) is 3.71. The fraction of sp³-hybridized carbons (Fsp3) is 0.625. The summed E-state index contributed by atoms with van der Waals surface area (Å²) < 4.78 is 0. The number of nitrogens with zero attached hydrogens (tertiary/aromatic N) is 2. The van der Waals surface area contributed by atoms with Crippen LogP contribution in [0.4, 0.5) is 0 Å². The van der Waals surface area contributed by atoms with Gasteiger partial charge in [-0.1, -0.05) is 0 Å². The lowest BCUT2D eigenvalue weighted by Crippen LogP contribution is -2.37. The highest BCUT2D eigenvalue weighted by atomic mass is 16.2. The van der Waals surface area contributed by atoms with E-state index in [1.54, 1.807) is 20.9 Å². The van der Waals surface area contributed by atoms with Gasteiger partial charge in [-0.3, -0.25) is 9.79 Å². The molecule has 0 aromatic heterocycles. The highest BCUT2D eigenvalue weighted by Crippen LogP contribution is 2.14. The third kappa shape index (κ3) is 4.84. The largest absolute Gasteiger partial charge is 0.370 e. The van der Waals surface area contributed by atoms with Crippen LogP contribution in [0.25, 0.3) is 0 Å². The van der Waals surface area contributed by atoms with Crippen molar-refractivity contribution in [3.05, 3.63) is 0 Å². The second-order valence-corrected chi connectivity index (χ2v) is 3.67. The summed E-state index contributed by atoms with van der Waals surface area (Å²) in [6.07, 6.45) is 0. The van der Waals surface area contributed by atoms with Gasteiger partial charge in [0.2, 0.25) is 11.9 Å². The van der Waals surface area contributed by atoms with Gasteiger partial charge in [0.15, 0.2) is 5.96 Å². The Balaban J connectivity index is 4.49. The molecule has 7 nitrogen and oxygen atoms in total. The zero-order valence-electron chi connectivity index (χ0n) is 9.24. The quantitative estimate of drug-likeness (QED) is 0.331. The monoisotopic (exact) mass is 214 g/mol. The molecule has 0 unspecified atom stereocenters. The van der Waals surface area contributed by atoms with Crippen LogP contribution in [0.5, 0.6) is 0 Å². The number of nitrogens with two attached hydrogens (primary N) is 3. The third-order valence-corrected chi connectivity index (χ3v) is 1.72. The lowest BCUT2D eigenvalue weighted by Gasteiger charge is -2.19. The first kappa shape index (κ1) is 13.2. The molecule has 15 heavy (non-hydrogen) atoms. The van der Waals surface area contributed by atoms with Crippen LogP contribution >= 0.6 is 0 Å². The molecule has 7 N–H and O–H groups in total. The Morgan fingerprint density at radius 1 is 1.33 bits per heavy atom. The van der Waals surface area contributed by atoms with E-state index < -0.39 is 5.41 Å². The normalized spacial score (nSPS) is 12.1. The van der Waals surface area contributed by atoms with E-state index in [2.05, 4.69) is 15.3 Å². The highest BCUT2D eigenvalue weighted by Gasteiger charge is 2.26. The molecule has 0 aliphatic heterocycles. The number of amides is 1. The maximum Gasteiger partial charge on any atom is 0.227 e. The summed E-state index contributed by atoms with van der Waals surface area (Å²) in [5.41, 5.74) is 15.0.